The average Bonchev–Trinajstić information content (AvgIpc) is 2.85. The monoisotopic (exact) mass is 328 g/mol. The van der Waals surface area contributed by atoms with Gasteiger partial charge in [-0.3, -0.25) is 9.59 Å². The second-order valence-corrected chi connectivity index (χ2v) is 5.78. The van der Waals surface area contributed by atoms with Crippen LogP contribution in [0, 0.1) is 11.7 Å². The minimum atomic E-state index is -0.546. The van der Waals surface area contributed by atoms with Gasteiger partial charge in [-0.05, 0) is 25.1 Å². The third kappa shape index (κ3) is 3.75. The summed E-state index contributed by atoms with van der Waals surface area (Å²) in [5.41, 5.74) is 0.409. The highest BCUT2D eigenvalue weighted by atomic mass is 35.5. The summed E-state index contributed by atoms with van der Waals surface area (Å²) < 4.78 is 18.1. The maximum absolute atomic E-state index is 13.1. The molecule has 0 aromatic heterocycles. The Kier molecular flexibility index (Phi) is 5.37. The van der Waals surface area contributed by atoms with E-state index < -0.39 is 11.7 Å². The molecule has 0 bridgehead atoms. The van der Waals surface area contributed by atoms with Gasteiger partial charge < -0.3 is 15.0 Å². The Morgan fingerprint density at radius 3 is 2.95 bits per heavy atom. The molecule has 1 heterocycles. The number of carbonyl (C=O) groups is 2. The molecule has 1 aliphatic heterocycles. The molecule has 1 aliphatic rings. The Morgan fingerprint density at radius 2 is 2.32 bits per heavy atom. The largest absolute Gasteiger partial charge is 0.383 e. The first-order chi connectivity index (χ1) is 10.4. The van der Waals surface area contributed by atoms with E-state index in [0.29, 0.717) is 18.8 Å². The molecule has 1 saturated heterocycles. The van der Waals surface area contributed by atoms with Crippen LogP contribution in [0.25, 0.3) is 0 Å². The lowest BCUT2D eigenvalue weighted by molar-refractivity contribution is -0.130. The number of halogens is 2. The Hall–Kier alpha value is -1.66. The van der Waals surface area contributed by atoms with Crippen molar-refractivity contribution in [3.8, 4) is 0 Å². The Balaban J connectivity index is 1.99. The number of nitrogens with zero attached hydrogens (tertiary/aromatic N) is 1. The van der Waals surface area contributed by atoms with Gasteiger partial charge in [0.15, 0.2) is 0 Å². The lowest BCUT2D eigenvalue weighted by Crippen LogP contribution is -2.38. The second kappa shape index (κ2) is 7.07. The van der Waals surface area contributed by atoms with Gasteiger partial charge in [-0.25, -0.2) is 4.39 Å². The molecule has 0 aliphatic carbocycles. The lowest BCUT2D eigenvalue weighted by Gasteiger charge is -2.23. The summed E-state index contributed by atoms with van der Waals surface area (Å²) in [5, 5.41) is 2.60. The van der Waals surface area contributed by atoms with Crippen molar-refractivity contribution in [3.05, 3.63) is 29.0 Å². The second-order valence-electron chi connectivity index (χ2n) is 5.37. The van der Waals surface area contributed by atoms with Crippen LogP contribution in [-0.4, -0.2) is 43.0 Å². The minimum absolute atomic E-state index is 0.0596. The molecule has 0 spiro atoms. The van der Waals surface area contributed by atoms with E-state index in [2.05, 4.69) is 5.32 Å². The molecule has 0 radical (unpaired) electrons. The summed E-state index contributed by atoms with van der Waals surface area (Å²) in [6.45, 7) is 2.65. The molecule has 2 atom stereocenters. The molecule has 5 nitrogen and oxygen atoms in total. The maximum atomic E-state index is 13.1. The van der Waals surface area contributed by atoms with E-state index in [9.17, 15) is 14.0 Å². The van der Waals surface area contributed by atoms with Crippen molar-refractivity contribution in [1.82, 2.24) is 4.90 Å². The van der Waals surface area contributed by atoms with Gasteiger partial charge in [-0.2, -0.15) is 0 Å². The van der Waals surface area contributed by atoms with E-state index in [1.807, 2.05) is 6.92 Å². The van der Waals surface area contributed by atoms with Gasteiger partial charge in [0.1, 0.15) is 5.82 Å². The highest BCUT2D eigenvalue weighted by Gasteiger charge is 2.36. The van der Waals surface area contributed by atoms with Crippen molar-refractivity contribution in [1.29, 1.82) is 0 Å². The Bertz CT molecular complexity index is 582. The molecule has 1 N–H and O–H groups in total. The fraction of sp³-hybridized carbons (Fsp3) is 0.467. The SMILES string of the molecule is COC[C@H](C)N1C[C@@H](C(=O)Nc2ccc(F)c(Cl)c2)CC1=O. The van der Waals surface area contributed by atoms with Crippen LogP contribution in [-0.2, 0) is 14.3 Å². The first kappa shape index (κ1) is 16.7. The lowest BCUT2D eigenvalue weighted by atomic mass is 10.1. The fourth-order valence-electron chi connectivity index (χ4n) is 2.48. The van der Waals surface area contributed by atoms with Crippen molar-refractivity contribution >= 4 is 29.1 Å². The van der Waals surface area contributed by atoms with Gasteiger partial charge in [0.25, 0.3) is 0 Å². The normalized spacial score (nSPS) is 19.4. The fourth-order valence-corrected chi connectivity index (χ4v) is 2.66. The quantitative estimate of drug-likeness (QED) is 0.902. The first-order valence-electron chi connectivity index (χ1n) is 6.96. The van der Waals surface area contributed by atoms with Gasteiger partial charge in [-0.1, -0.05) is 11.6 Å². The van der Waals surface area contributed by atoms with E-state index in [1.54, 1.807) is 12.0 Å². The number of methoxy groups -OCH3 is 1. The molecule has 120 valence electrons. The summed E-state index contributed by atoms with van der Waals surface area (Å²) >= 11 is 5.68. The highest BCUT2D eigenvalue weighted by molar-refractivity contribution is 6.31. The number of ether oxygens (including phenoxy) is 1. The molecule has 2 amide bonds. The molecule has 1 aromatic rings. The van der Waals surface area contributed by atoms with Gasteiger partial charge in [0.05, 0.1) is 23.6 Å². The third-order valence-corrected chi connectivity index (χ3v) is 3.95. The van der Waals surface area contributed by atoms with Crippen molar-refractivity contribution < 1.29 is 18.7 Å². The maximum Gasteiger partial charge on any atom is 0.229 e. The van der Waals surface area contributed by atoms with E-state index in [-0.39, 0.29) is 29.3 Å². The van der Waals surface area contributed by atoms with Crippen LogP contribution in [0.1, 0.15) is 13.3 Å². The van der Waals surface area contributed by atoms with E-state index >= 15 is 0 Å². The van der Waals surface area contributed by atoms with Gasteiger partial charge in [0, 0.05) is 25.8 Å². The third-order valence-electron chi connectivity index (χ3n) is 3.66. The van der Waals surface area contributed by atoms with Gasteiger partial charge >= 0.3 is 0 Å². The van der Waals surface area contributed by atoms with Crippen molar-refractivity contribution in [2.24, 2.45) is 5.92 Å². The van der Waals surface area contributed by atoms with Crippen LogP contribution in [0.5, 0.6) is 0 Å². The highest BCUT2D eigenvalue weighted by Crippen LogP contribution is 2.24. The molecule has 1 aromatic carbocycles. The smallest absolute Gasteiger partial charge is 0.229 e. The van der Waals surface area contributed by atoms with Crippen molar-refractivity contribution in [3.63, 3.8) is 0 Å². The number of benzene rings is 1. The Morgan fingerprint density at radius 1 is 1.59 bits per heavy atom. The van der Waals surface area contributed by atoms with Gasteiger partial charge in [-0.15, -0.1) is 0 Å². The zero-order valence-corrected chi connectivity index (χ0v) is 13.2. The summed E-state index contributed by atoms with van der Waals surface area (Å²) in [6, 6.07) is 3.89. The number of anilines is 1. The zero-order valence-electron chi connectivity index (χ0n) is 12.4. The van der Waals surface area contributed by atoms with Crippen LogP contribution in [0.3, 0.4) is 0 Å². The molecular weight excluding hydrogens is 311 g/mol. The number of hydrogen-bond donors (Lipinski definition) is 1. The standard InChI is InChI=1S/C15H18ClFN2O3/c1-9(8-22-2)19-7-10(5-14(19)20)15(21)18-11-3-4-13(17)12(16)6-11/h3-4,6,9-10H,5,7-8H2,1-2H3,(H,18,21)/t9-,10-/m0/s1. The number of rotatable bonds is 5. The molecule has 7 heteroatoms. The molecule has 0 unspecified atom stereocenters. The number of hydrogen-bond acceptors (Lipinski definition) is 3. The molecule has 22 heavy (non-hydrogen) atoms. The number of amides is 2. The van der Waals surface area contributed by atoms with Crippen LogP contribution >= 0.6 is 11.6 Å². The number of carbonyl (C=O) groups excluding carboxylic acids is 2. The Labute approximate surface area is 133 Å². The summed E-state index contributed by atoms with van der Waals surface area (Å²) in [6.07, 6.45) is 0.162. The van der Waals surface area contributed by atoms with Crippen LogP contribution in [0.2, 0.25) is 5.02 Å². The summed E-state index contributed by atoms with van der Waals surface area (Å²) in [4.78, 5) is 25.8. The van der Waals surface area contributed by atoms with Crippen LogP contribution in [0.4, 0.5) is 10.1 Å². The van der Waals surface area contributed by atoms with Gasteiger partial charge in [0.2, 0.25) is 11.8 Å². The van der Waals surface area contributed by atoms with Crippen molar-refractivity contribution in [2.75, 3.05) is 25.6 Å². The molecular formula is C15H18ClFN2O3. The predicted octanol–water partition coefficient (Wildman–Crippen LogP) is 2.30. The predicted molar refractivity (Wildman–Crippen MR) is 81.2 cm³/mol. The summed E-state index contributed by atoms with van der Waals surface area (Å²) in [5.74, 6) is -1.32. The first-order valence-corrected chi connectivity index (χ1v) is 7.34. The van der Waals surface area contributed by atoms with E-state index in [0.717, 1.165) is 0 Å². The van der Waals surface area contributed by atoms with E-state index in [4.69, 9.17) is 16.3 Å². The molecule has 1 fully saturated rings. The topological polar surface area (TPSA) is 58.6 Å². The zero-order chi connectivity index (χ0) is 16.3. The minimum Gasteiger partial charge on any atom is -0.383 e. The average molecular weight is 329 g/mol. The summed E-state index contributed by atoms with van der Waals surface area (Å²) in [7, 11) is 1.57. The van der Waals surface area contributed by atoms with E-state index in [1.165, 1.54) is 18.2 Å². The van der Waals surface area contributed by atoms with Crippen LogP contribution in [0.15, 0.2) is 18.2 Å². The van der Waals surface area contributed by atoms with Crippen LogP contribution < -0.4 is 5.32 Å². The molecule has 2 rings (SSSR count). The van der Waals surface area contributed by atoms with Crippen molar-refractivity contribution in [2.45, 2.75) is 19.4 Å². The number of nitrogens with one attached hydrogen (secondary N) is 1. The number of likely N-dealkylation sites (tertiary alicyclic amines) is 1. The molecule has 0 saturated carbocycles.